The molecular formula is C16H20N2O3. The zero-order valence-electron chi connectivity index (χ0n) is 12.0. The van der Waals surface area contributed by atoms with Gasteiger partial charge in [-0.15, -0.1) is 0 Å². The molecule has 1 unspecified atom stereocenters. The highest BCUT2D eigenvalue weighted by molar-refractivity contribution is 5.86. The molecular weight excluding hydrogens is 268 g/mol. The van der Waals surface area contributed by atoms with Crippen LogP contribution < -0.4 is 0 Å². The van der Waals surface area contributed by atoms with Crippen molar-refractivity contribution in [1.29, 1.82) is 0 Å². The Hall–Kier alpha value is -2.04. The highest BCUT2D eigenvalue weighted by atomic mass is 16.6. The number of hydrogen-bond donors (Lipinski definition) is 0. The fourth-order valence-corrected chi connectivity index (χ4v) is 2.79. The van der Waals surface area contributed by atoms with Gasteiger partial charge in [-0.25, -0.2) is 4.79 Å². The van der Waals surface area contributed by atoms with E-state index in [4.69, 9.17) is 4.74 Å². The second-order valence-corrected chi connectivity index (χ2v) is 5.57. The zero-order valence-corrected chi connectivity index (χ0v) is 12.0. The molecule has 0 N–H and O–H groups in total. The monoisotopic (exact) mass is 288 g/mol. The molecule has 1 aromatic rings. The molecule has 1 aromatic carbocycles. The van der Waals surface area contributed by atoms with Gasteiger partial charge in [0.05, 0.1) is 0 Å². The molecule has 2 heterocycles. The molecule has 0 bridgehead atoms. The van der Waals surface area contributed by atoms with Crippen molar-refractivity contribution in [1.82, 2.24) is 9.80 Å². The maximum atomic E-state index is 12.3. The predicted octanol–water partition coefficient (Wildman–Crippen LogP) is 2.02. The maximum Gasteiger partial charge on any atom is 0.410 e. The lowest BCUT2D eigenvalue weighted by Gasteiger charge is -2.35. The molecule has 21 heavy (non-hydrogen) atoms. The van der Waals surface area contributed by atoms with Crippen molar-refractivity contribution in [3.05, 3.63) is 35.9 Å². The van der Waals surface area contributed by atoms with Gasteiger partial charge in [0.2, 0.25) is 5.91 Å². The van der Waals surface area contributed by atoms with Gasteiger partial charge in [-0.05, 0) is 24.8 Å². The second kappa shape index (κ2) is 6.16. The molecule has 0 radical (unpaired) electrons. The van der Waals surface area contributed by atoms with Gasteiger partial charge in [-0.1, -0.05) is 30.3 Å². The Morgan fingerprint density at radius 3 is 2.52 bits per heavy atom. The number of ether oxygens (including phenoxy) is 1. The first-order valence-electron chi connectivity index (χ1n) is 7.52. The average Bonchev–Trinajstić information content (AvgIpc) is 2.93. The van der Waals surface area contributed by atoms with E-state index in [-0.39, 0.29) is 24.6 Å². The number of hydrogen-bond acceptors (Lipinski definition) is 3. The second-order valence-electron chi connectivity index (χ2n) is 5.57. The van der Waals surface area contributed by atoms with Gasteiger partial charge < -0.3 is 9.64 Å². The minimum atomic E-state index is -0.379. The fourth-order valence-electron chi connectivity index (χ4n) is 2.79. The summed E-state index contributed by atoms with van der Waals surface area (Å²) in [6.07, 6.45) is 2.30. The summed E-state index contributed by atoms with van der Waals surface area (Å²) >= 11 is 0. The van der Waals surface area contributed by atoms with Crippen molar-refractivity contribution in [3.63, 3.8) is 0 Å². The standard InChI is InChI=1S/C16H20N2O3/c19-15(17-9-5-10-17)14-8-4-11-18(14)16(20)21-12-13-6-2-1-3-7-13/h1-3,6-7,14H,4-5,8-12H2. The molecule has 0 aromatic heterocycles. The summed E-state index contributed by atoms with van der Waals surface area (Å²) in [5, 5.41) is 0. The van der Waals surface area contributed by atoms with Crippen LogP contribution in [0.3, 0.4) is 0 Å². The first-order valence-corrected chi connectivity index (χ1v) is 7.52. The summed E-state index contributed by atoms with van der Waals surface area (Å²) in [6, 6.07) is 9.26. The third-order valence-electron chi connectivity index (χ3n) is 4.15. The molecule has 2 aliphatic rings. The van der Waals surface area contributed by atoms with Crippen LogP contribution in [0.2, 0.25) is 0 Å². The minimum Gasteiger partial charge on any atom is -0.445 e. The van der Waals surface area contributed by atoms with Crippen molar-refractivity contribution in [2.45, 2.75) is 31.9 Å². The van der Waals surface area contributed by atoms with E-state index in [1.165, 1.54) is 0 Å². The summed E-state index contributed by atoms with van der Waals surface area (Å²) in [4.78, 5) is 27.9. The summed E-state index contributed by atoms with van der Waals surface area (Å²) in [6.45, 7) is 2.50. The molecule has 2 fully saturated rings. The minimum absolute atomic E-state index is 0.0791. The summed E-state index contributed by atoms with van der Waals surface area (Å²) < 4.78 is 5.34. The van der Waals surface area contributed by atoms with E-state index >= 15 is 0 Å². The number of amides is 2. The van der Waals surface area contributed by atoms with Crippen LogP contribution in [0.15, 0.2) is 30.3 Å². The van der Waals surface area contributed by atoms with Crippen LogP contribution in [0.25, 0.3) is 0 Å². The van der Waals surface area contributed by atoms with Gasteiger partial charge in [-0.2, -0.15) is 0 Å². The third-order valence-corrected chi connectivity index (χ3v) is 4.15. The third kappa shape index (κ3) is 3.01. The molecule has 0 spiro atoms. The average molecular weight is 288 g/mol. The smallest absolute Gasteiger partial charge is 0.410 e. The lowest BCUT2D eigenvalue weighted by Crippen LogP contribution is -2.52. The van der Waals surface area contributed by atoms with Crippen LogP contribution in [0.4, 0.5) is 4.79 Å². The van der Waals surface area contributed by atoms with E-state index in [0.717, 1.165) is 37.9 Å². The van der Waals surface area contributed by atoms with E-state index in [1.54, 1.807) is 4.90 Å². The van der Waals surface area contributed by atoms with Crippen molar-refractivity contribution in [3.8, 4) is 0 Å². The normalized spacial score (nSPS) is 21.0. The summed E-state index contributed by atoms with van der Waals surface area (Å²) in [7, 11) is 0. The van der Waals surface area contributed by atoms with Crippen molar-refractivity contribution in [2.24, 2.45) is 0 Å². The fraction of sp³-hybridized carbons (Fsp3) is 0.500. The van der Waals surface area contributed by atoms with Gasteiger partial charge in [-0.3, -0.25) is 9.69 Å². The molecule has 2 aliphatic heterocycles. The maximum absolute atomic E-state index is 12.3. The van der Waals surface area contributed by atoms with Gasteiger partial charge in [0, 0.05) is 19.6 Å². The van der Waals surface area contributed by atoms with Crippen molar-refractivity contribution >= 4 is 12.0 Å². The molecule has 2 amide bonds. The molecule has 0 aliphatic carbocycles. The van der Waals surface area contributed by atoms with Gasteiger partial charge >= 0.3 is 6.09 Å². The van der Waals surface area contributed by atoms with Crippen LogP contribution >= 0.6 is 0 Å². The predicted molar refractivity (Wildman–Crippen MR) is 77.6 cm³/mol. The first kappa shape index (κ1) is 13.9. The molecule has 2 saturated heterocycles. The number of nitrogens with zero attached hydrogens (tertiary/aromatic N) is 2. The van der Waals surface area contributed by atoms with Gasteiger partial charge in [0.25, 0.3) is 0 Å². The van der Waals surface area contributed by atoms with Crippen LogP contribution in [-0.4, -0.2) is 47.5 Å². The number of likely N-dealkylation sites (tertiary alicyclic amines) is 2. The molecule has 112 valence electrons. The number of carbonyl (C=O) groups excluding carboxylic acids is 2. The van der Waals surface area contributed by atoms with Crippen LogP contribution in [0.1, 0.15) is 24.8 Å². The van der Waals surface area contributed by atoms with Crippen molar-refractivity contribution in [2.75, 3.05) is 19.6 Å². The van der Waals surface area contributed by atoms with Gasteiger partial charge in [0.15, 0.2) is 0 Å². The van der Waals surface area contributed by atoms with Crippen LogP contribution in [0, 0.1) is 0 Å². The molecule has 0 saturated carbocycles. The largest absolute Gasteiger partial charge is 0.445 e. The lowest BCUT2D eigenvalue weighted by molar-refractivity contribution is -0.139. The molecule has 5 heteroatoms. The summed E-state index contributed by atoms with van der Waals surface area (Å²) in [5.41, 5.74) is 0.954. The van der Waals surface area contributed by atoms with Crippen LogP contribution in [-0.2, 0) is 16.1 Å². The quantitative estimate of drug-likeness (QED) is 0.855. The number of benzene rings is 1. The Morgan fingerprint density at radius 2 is 1.86 bits per heavy atom. The van der Waals surface area contributed by atoms with Crippen molar-refractivity contribution < 1.29 is 14.3 Å². The number of rotatable bonds is 3. The highest BCUT2D eigenvalue weighted by Crippen LogP contribution is 2.22. The Kier molecular flexibility index (Phi) is 4.08. The van der Waals surface area contributed by atoms with E-state index in [0.29, 0.717) is 6.54 Å². The van der Waals surface area contributed by atoms with E-state index in [2.05, 4.69) is 0 Å². The first-order chi connectivity index (χ1) is 10.3. The Bertz CT molecular complexity index is 514. The van der Waals surface area contributed by atoms with E-state index < -0.39 is 0 Å². The van der Waals surface area contributed by atoms with E-state index in [1.807, 2.05) is 35.2 Å². The Balaban J connectivity index is 1.56. The van der Waals surface area contributed by atoms with E-state index in [9.17, 15) is 9.59 Å². The summed E-state index contributed by atoms with van der Waals surface area (Å²) in [5.74, 6) is 0.0791. The molecule has 5 nitrogen and oxygen atoms in total. The zero-order chi connectivity index (χ0) is 14.7. The highest BCUT2D eigenvalue weighted by Gasteiger charge is 2.38. The molecule has 3 rings (SSSR count). The number of carbonyl (C=O) groups is 2. The Morgan fingerprint density at radius 1 is 1.10 bits per heavy atom. The lowest BCUT2D eigenvalue weighted by atomic mass is 10.1. The topological polar surface area (TPSA) is 49.9 Å². The molecule has 1 atom stereocenters. The van der Waals surface area contributed by atoms with Crippen LogP contribution in [0.5, 0.6) is 0 Å². The Labute approximate surface area is 124 Å². The SMILES string of the molecule is O=C(C1CCCN1C(=O)OCc1ccccc1)N1CCC1. The van der Waals surface area contributed by atoms with Gasteiger partial charge in [0.1, 0.15) is 12.6 Å².